The number of ether oxygens (including phenoxy) is 1. The van der Waals surface area contributed by atoms with Gasteiger partial charge < -0.3 is 15.0 Å². The van der Waals surface area contributed by atoms with Crippen LogP contribution in [0.15, 0.2) is 36.4 Å². The van der Waals surface area contributed by atoms with Gasteiger partial charge in [-0.3, -0.25) is 9.69 Å². The average Bonchev–Trinajstić information content (AvgIpc) is 3.53. The second-order valence-corrected chi connectivity index (χ2v) is 14.4. The molecule has 1 atom stereocenters. The van der Waals surface area contributed by atoms with Crippen molar-refractivity contribution < 1.29 is 9.53 Å². The van der Waals surface area contributed by atoms with Crippen molar-refractivity contribution in [2.45, 2.75) is 78.2 Å². The van der Waals surface area contributed by atoms with Crippen molar-refractivity contribution in [1.29, 1.82) is 0 Å². The first kappa shape index (κ1) is 29.8. The highest BCUT2D eigenvalue weighted by molar-refractivity contribution is 5.70. The Morgan fingerprint density at radius 1 is 1.09 bits per heavy atom. The minimum absolute atomic E-state index is 0.0340. The Labute approximate surface area is 256 Å². The third-order valence-corrected chi connectivity index (χ3v) is 9.62. The zero-order valence-electron chi connectivity index (χ0n) is 26.9. The normalized spacial score (nSPS) is 19.1. The second kappa shape index (κ2) is 11.7. The number of carbonyl (C=O) groups excluding carboxylic acids is 1. The molecule has 0 amide bonds. The van der Waals surface area contributed by atoms with Gasteiger partial charge in [0.15, 0.2) is 0 Å². The van der Waals surface area contributed by atoms with Crippen molar-refractivity contribution in [3.63, 3.8) is 0 Å². The van der Waals surface area contributed by atoms with E-state index in [9.17, 15) is 4.79 Å². The van der Waals surface area contributed by atoms with Crippen LogP contribution in [-0.2, 0) is 27.9 Å². The summed E-state index contributed by atoms with van der Waals surface area (Å²) in [6, 6.07) is 13.4. The van der Waals surface area contributed by atoms with Gasteiger partial charge >= 0.3 is 5.97 Å². The first-order valence-electron chi connectivity index (χ1n) is 15.9. The molecule has 1 spiro atoms. The number of aromatic nitrogens is 3. The van der Waals surface area contributed by atoms with Gasteiger partial charge in [-0.2, -0.15) is 5.10 Å². The smallest absolute Gasteiger partial charge is 0.306 e. The molecule has 1 aromatic carbocycles. The predicted octanol–water partition coefficient (Wildman–Crippen LogP) is 5.39. The number of pyridine rings is 1. The van der Waals surface area contributed by atoms with Gasteiger partial charge in [-0.15, -0.1) is 0 Å². The van der Waals surface area contributed by atoms with E-state index in [0.717, 1.165) is 80.8 Å². The molecule has 0 saturated carbocycles. The zero-order chi connectivity index (χ0) is 30.4. The van der Waals surface area contributed by atoms with Crippen LogP contribution in [-0.4, -0.2) is 76.9 Å². The Kier molecular flexibility index (Phi) is 8.11. The largest absolute Gasteiger partial charge is 0.469 e. The van der Waals surface area contributed by atoms with Crippen molar-refractivity contribution in [3.8, 4) is 5.69 Å². The highest BCUT2D eigenvalue weighted by Gasteiger charge is 2.47. The fraction of sp³-hybridized carbons (Fsp3) is 0.571. The molecule has 3 aromatic rings. The quantitative estimate of drug-likeness (QED) is 0.356. The molecule has 8 heteroatoms. The highest BCUT2D eigenvalue weighted by atomic mass is 16.5. The van der Waals surface area contributed by atoms with Crippen molar-refractivity contribution >= 4 is 11.8 Å². The van der Waals surface area contributed by atoms with Gasteiger partial charge in [0.05, 0.1) is 30.6 Å². The minimum atomic E-state index is -0.159. The topological polar surface area (TPSA) is 75.5 Å². The van der Waals surface area contributed by atoms with E-state index in [2.05, 4.69) is 79.2 Å². The number of anilines is 1. The lowest BCUT2D eigenvalue weighted by Gasteiger charge is -2.49. The summed E-state index contributed by atoms with van der Waals surface area (Å²) in [5.41, 5.74) is 8.41. The number of carbonyl (C=O) groups is 1. The molecule has 8 nitrogen and oxygen atoms in total. The SMILES string of the molecule is COC(=O)C[C@H](CN1CC2(CCN(Cc3ccc4c(n3)NCCC4)C2)C1)c1cc(-n2nc(C)cc2C)cc(C(C)(C)C)c1. The maximum Gasteiger partial charge on any atom is 0.306 e. The van der Waals surface area contributed by atoms with Crippen LogP contribution >= 0.6 is 0 Å². The Hall–Kier alpha value is -3.23. The maximum atomic E-state index is 12.7. The Bertz CT molecular complexity index is 1480. The van der Waals surface area contributed by atoms with E-state index in [0.29, 0.717) is 11.8 Å². The number of methoxy groups -OCH3 is 1. The molecule has 6 rings (SSSR count). The van der Waals surface area contributed by atoms with Crippen LogP contribution in [0.5, 0.6) is 0 Å². The van der Waals surface area contributed by atoms with Crippen molar-refractivity contribution in [2.24, 2.45) is 5.41 Å². The van der Waals surface area contributed by atoms with E-state index in [4.69, 9.17) is 14.8 Å². The van der Waals surface area contributed by atoms with Gasteiger partial charge in [0.2, 0.25) is 0 Å². The number of hydrogen-bond donors (Lipinski definition) is 1. The summed E-state index contributed by atoms with van der Waals surface area (Å²) in [7, 11) is 1.49. The van der Waals surface area contributed by atoms with Crippen molar-refractivity contribution in [2.75, 3.05) is 51.7 Å². The summed E-state index contributed by atoms with van der Waals surface area (Å²) in [6.07, 6.45) is 3.90. The van der Waals surface area contributed by atoms with E-state index < -0.39 is 0 Å². The molecule has 0 bridgehead atoms. The lowest BCUT2D eigenvalue weighted by molar-refractivity contribution is -0.141. The van der Waals surface area contributed by atoms with Gasteiger partial charge in [-0.05, 0) is 86.0 Å². The fourth-order valence-electron chi connectivity index (χ4n) is 7.34. The molecule has 230 valence electrons. The van der Waals surface area contributed by atoms with Gasteiger partial charge in [0.1, 0.15) is 5.82 Å². The first-order chi connectivity index (χ1) is 20.5. The molecule has 2 aromatic heterocycles. The molecule has 2 fully saturated rings. The summed E-state index contributed by atoms with van der Waals surface area (Å²) in [4.78, 5) is 22.7. The van der Waals surface area contributed by atoms with Crippen LogP contribution in [0.2, 0.25) is 0 Å². The average molecular weight is 585 g/mol. The van der Waals surface area contributed by atoms with Crippen LogP contribution in [0.3, 0.4) is 0 Å². The molecule has 5 heterocycles. The second-order valence-electron chi connectivity index (χ2n) is 14.4. The number of aryl methyl sites for hydroxylation is 3. The van der Waals surface area contributed by atoms with Crippen LogP contribution in [0.4, 0.5) is 5.82 Å². The molecular weight excluding hydrogens is 536 g/mol. The van der Waals surface area contributed by atoms with E-state index >= 15 is 0 Å². The molecule has 0 radical (unpaired) electrons. The number of benzene rings is 1. The number of hydrogen-bond acceptors (Lipinski definition) is 7. The number of nitrogens with one attached hydrogen (secondary N) is 1. The lowest BCUT2D eigenvalue weighted by Crippen LogP contribution is -2.58. The monoisotopic (exact) mass is 584 g/mol. The van der Waals surface area contributed by atoms with Crippen molar-refractivity contribution in [3.05, 3.63) is 70.2 Å². The standard InChI is InChI=1S/C35H48N6O2/c1-24-14-25(2)41(38-24)31-16-27(15-29(18-31)34(3,4)5)28(17-32(42)43-6)19-40-22-35(23-40)11-13-39(21-35)20-30-10-9-26-8-7-12-36-33(26)37-30/h9-10,14-16,18,28H,7-8,11-13,17,19-23H2,1-6H3,(H,36,37)/t28-/m1/s1. The van der Waals surface area contributed by atoms with Gasteiger partial charge in [0, 0.05) is 56.3 Å². The summed E-state index contributed by atoms with van der Waals surface area (Å²) < 4.78 is 7.21. The number of nitrogens with zero attached hydrogens (tertiary/aromatic N) is 5. The Morgan fingerprint density at radius 2 is 1.88 bits per heavy atom. The number of rotatable bonds is 8. The number of likely N-dealkylation sites (tertiary alicyclic amines) is 2. The van der Waals surface area contributed by atoms with Crippen molar-refractivity contribution in [1.82, 2.24) is 24.6 Å². The van der Waals surface area contributed by atoms with E-state index in [1.807, 2.05) is 11.6 Å². The number of fused-ring (bicyclic) bond motifs is 1. The molecule has 3 aliphatic heterocycles. The third kappa shape index (κ3) is 6.50. The summed E-state index contributed by atoms with van der Waals surface area (Å²) in [5, 5.41) is 8.25. The van der Waals surface area contributed by atoms with Crippen LogP contribution in [0.1, 0.15) is 79.7 Å². The summed E-state index contributed by atoms with van der Waals surface area (Å²) >= 11 is 0. The van der Waals surface area contributed by atoms with Crippen LogP contribution in [0.25, 0.3) is 5.69 Å². The van der Waals surface area contributed by atoms with Gasteiger partial charge in [-0.1, -0.05) is 32.9 Å². The molecule has 0 unspecified atom stereocenters. The summed E-state index contributed by atoms with van der Waals surface area (Å²) in [5.74, 6) is 0.973. The molecule has 2 saturated heterocycles. The summed E-state index contributed by atoms with van der Waals surface area (Å²) in [6.45, 7) is 18.0. The Morgan fingerprint density at radius 3 is 2.60 bits per heavy atom. The Balaban J connectivity index is 1.16. The van der Waals surface area contributed by atoms with Gasteiger partial charge in [0.25, 0.3) is 0 Å². The van der Waals surface area contributed by atoms with E-state index in [-0.39, 0.29) is 17.3 Å². The lowest BCUT2D eigenvalue weighted by atomic mass is 9.77. The zero-order valence-corrected chi connectivity index (χ0v) is 26.9. The molecular formula is C35H48N6O2. The van der Waals surface area contributed by atoms with Gasteiger partial charge in [-0.25, -0.2) is 9.67 Å². The molecule has 0 aliphatic carbocycles. The minimum Gasteiger partial charge on any atom is -0.469 e. The molecule has 43 heavy (non-hydrogen) atoms. The number of esters is 1. The first-order valence-corrected chi connectivity index (χ1v) is 15.9. The fourth-order valence-corrected chi connectivity index (χ4v) is 7.34. The third-order valence-electron chi connectivity index (χ3n) is 9.62. The van der Waals surface area contributed by atoms with E-state index in [1.54, 1.807) is 0 Å². The van der Waals surface area contributed by atoms with Crippen LogP contribution < -0.4 is 5.32 Å². The predicted molar refractivity (Wildman–Crippen MR) is 171 cm³/mol. The molecule has 3 aliphatic rings. The van der Waals surface area contributed by atoms with Crippen LogP contribution in [0, 0.1) is 19.3 Å². The molecule has 1 N–H and O–H groups in total. The maximum absolute atomic E-state index is 12.7. The highest BCUT2D eigenvalue weighted by Crippen LogP contribution is 2.42. The van der Waals surface area contributed by atoms with E-state index in [1.165, 1.54) is 36.6 Å².